The molecule has 7 nitrogen and oxygen atoms in total. The number of carbonyl (C=O) groups is 2. The molecule has 0 saturated carbocycles. The number of nitrogens with zero attached hydrogens (tertiary/aromatic N) is 4. The minimum Gasteiger partial charge on any atom is -0.374 e. The summed E-state index contributed by atoms with van der Waals surface area (Å²) >= 11 is 6.88. The van der Waals surface area contributed by atoms with Gasteiger partial charge in [-0.3, -0.25) is 9.59 Å². The van der Waals surface area contributed by atoms with E-state index in [0.717, 1.165) is 11.5 Å². The van der Waals surface area contributed by atoms with Gasteiger partial charge in [-0.05, 0) is 11.5 Å². The van der Waals surface area contributed by atoms with Gasteiger partial charge in [0.05, 0.1) is 0 Å². The van der Waals surface area contributed by atoms with Crippen molar-refractivity contribution in [2.45, 2.75) is 13.3 Å². The molecule has 0 spiro atoms. The van der Waals surface area contributed by atoms with E-state index in [1.165, 1.54) is 6.92 Å². The molecule has 2 heterocycles. The maximum atomic E-state index is 12.1. The zero-order valence-electron chi connectivity index (χ0n) is 12.1. The molecule has 1 aromatic rings. The molecule has 0 aliphatic carbocycles. The number of nitrogens with one attached hydrogen (secondary N) is 1. The number of rotatable bonds is 4. The van der Waals surface area contributed by atoms with Crippen molar-refractivity contribution >= 4 is 39.9 Å². The van der Waals surface area contributed by atoms with Gasteiger partial charge < -0.3 is 15.1 Å². The maximum absolute atomic E-state index is 12.1. The van der Waals surface area contributed by atoms with Crippen molar-refractivity contribution in [2.24, 2.45) is 0 Å². The van der Waals surface area contributed by atoms with Crippen LogP contribution in [0, 0.1) is 11.3 Å². The summed E-state index contributed by atoms with van der Waals surface area (Å²) in [4.78, 5) is 26.8. The van der Waals surface area contributed by atoms with Crippen LogP contribution in [0.1, 0.15) is 18.9 Å². The molecule has 0 aromatic carbocycles. The Labute approximate surface area is 137 Å². The summed E-state index contributed by atoms with van der Waals surface area (Å²) in [5, 5.41) is 12.7. The van der Waals surface area contributed by atoms with Crippen LogP contribution in [0.15, 0.2) is 0 Å². The molecule has 1 fully saturated rings. The third-order valence-electron chi connectivity index (χ3n) is 3.46. The molecule has 1 N–H and O–H groups in total. The van der Waals surface area contributed by atoms with Gasteiger partial charge in [0.25, 0.3) is 0 Å². The lowest BCUT2D eigenvalue weighted by atomic mass is 10.2. The summed E-state index contributed by atoms with van der Waals surface area (Å²) in [5.74, 6) is 0.0738. The van der Waals surface area contributed by atoms with E-state index in [1.54, 1.807) is 9.80 Å². The minimum absolute atomic E-state index is 0.0322. The quantitative estimate of drug-likeness (QED) is 0.887. The van der Waals surface area contributed by atoms with Gasteiger partial charge in [-0.15, -0.1) is 0 Å². The van der Waals surface area contributed by atoms with Crippen LogP contribution in [0.4, 0.5) is 5.00 Å². The van der Waals surface area contributed by atoms with Crippen LogP contribution in [-0.4, -0.2) is 58.7 Å². The minimum atomic E-state index is 0.0322. The van der Waals surface area contributed by atoms with E-state index in [4.69, 9.17) is 16.9 Å². The van der Waals surface area contributed by atoms with Gasteiger partial charge in [0.15, 0.2) is 5.15 Å². The van der Waals surface area contributed by atoms with Gasteiger partial charge >= 0.3 is 0 Å². The van der Waals surface area contributed by atoms with Gasteiger partial charge in [0.1, 0.15) is 16.6 Å². The van der Waals surface area contributed by atoms with E-state index in [0.29, 0.717) is 49.7 Å². The average molecular weight is 342 g/mol. The highest BCUT2D eigenvalue weighted by atomic mass is 35.5. The lowest BCUT2D eigenvalue weighted by Gasteiger charge is -2.34. The van der Waals surface area contributed by atoms with Crippen molar-refractivity contribution in [2.75, 3.05) is 38.0 Å². The molecule has 0 atom stereocenters. The highest BCUT2D eigenvalue weighted by Gasteiger charge is 2.22. The van der Waals surface area contributed by atoms with E-state index in [9.17, 15) is 9.59 Å². The van der Waals surface area contributed by atoms with E-state index < -0.39 is 0 Å². The van der Waals surface area contributed by atoms with E-state index in [2.05, 4.69) is 9.69 Å². The summed E-state index contributed by atoms with van der Waals surface area (Å²) in [7, 11) is 0. The van der Waals surface area contributed by atoms with Crippen molar-refractivity contribution in [3.63, 3.8) is 0 Å². The number of nitriles is 1. The first-order valence-corrected chi connectivity index (χ1v) is 8.00. The molecule has 118 valence electrons. The molecule has 1 aliphatic rings. The normalized spacial score (nSPS) is 14.6. The second-order valence-corrected chi connectivity index (χ2v) is 5.98. The Morgan fingerprint density at radius 2 is 2.00 bits per heavy atom. The third-order valence-corrected chi connectivity index (χ3v) is 4.64. The molecule has 22 heavy (non-hydrogen) atoms. The number of amides is 2. The second-order valence-electron chi connectivity index (χ2n) is 4.85. The van der Waals surface area contributed by atoms with Gasteiger partial charge in [-0.2, -0.15) is 9.64 Å². The molecule has 9 heteroatoms. The summed E-state index contributed by atoms with van der Waals surface area (Å²) < 4.78 is 3.89. The second kappa shape index (κ2) is 7.42. The maximum Gasteiger partial charge on any atom is 0.224 e. The topological polar surface area (TPSA) is 89.3 Å². The smallest absolute Gasteiger partial charge is 0.224 e. The van der Waals surface area contributed by atoms with Crippen molar-refractivity contribution in [3.8, 4) is 6.07 Å². The zero-order chi connectivity index (χ0) is 16.1. The Balaban J connectivity index is 1.77. The molecular weight excluding hydrogens is 326 g/mol. The predicted molar refractivity (Wildman–Crippen MR) is 83.8 cm³/mol. The van der Waals surface area contributed by atoms with Crippen LogP contribution in [-0.2, 0) is 9.59 Å². The first-order valence-electron chi connectivity index (χ1n) is 6.85. The molecule has 0 bridgehead atoms. The molecule has 0 unspecified atom stereocenters. The highest BCUT2D eigenvalue weighted by Crippen LogP contribution is 2.27. The molecule has 2 amide bonds. The average Bonchev–Trinajstić information content (AvgIpc) is 2.87. The zero-order valence-corrected chi connectivity index (χ0v) is 13.7. The van der Waals surface area contributed by atoms with Crippen molar-refractivity contribution < 1.29 is 9.59 Å². The fourth-order valence-corrected chi connectivity index (χ4v) is 3.16. The fourth-order valence-electron chi connectivity index (χ4n) is 2.20. The fraction of sp³-hybridized carbons (Fsp3) is 0.538. The standard InChI is InChI=1S/C13H16ClN5O2S/c1-9(20)18-4-6-19(7-5-18)11(21)2-3-16-13-10(8-15)12(14)17-22-13/h16H,2-7H2,1H3. The van der Waals surface area contributed by atoms with Crippen LogP contribution in [0.2, 0.25) is 5.15 Å². The van der Waals surface area contributed by atoms with Crippen LogP contribution >= 0.6 is 23.1 Å². The molecule has 0 radical (unpaired) electrons. The Morgan fingerprint density at radius 3 is 2.59 bits per heavy atom. The summed E-state index contributed by atoms with van der Waals surface area (Å²) in [6.07, 6.45) is 0.320. The van der Waals surface area contributed by atoms with Gasteiger partial charge in [-0.1, -0.05) is 11.6 Å². The largest absolute Gasteiger partial charge is 0.374 e. The van der Waals surface area contributed by atoms with Crippen LogP contribution in [0.3, 0.4) is 0 Å². The Hall–Kier alpha value is -1.85. The van der Waals surface area contributed by atoms with E-state index >= 15 is 0 Å². The van der Waals surface area contributed by atoms with Crippen LogP contribution in [0.25, 0.3) is 0 Å². The molecule has 1 aliphatic heterocycles. The molecule has 1 aromatic heterocycles. The van der Waals surface area contributed by atoms with Gasteiger partial charge in [0, 0.05) is 46.1 Å². The highest BCUT2D eigenvalue weighted by molar-refractivity contribution is 7.10. The number of anilines is 1. The van der Waals surface area contributed by atoms with E-state index in [-0.39, 0.29) is 17.0 Å². The summed E-state index contributed by atoms with van der Waals surface area (Å²) in [6, 6.07) is 1.98. The van der Waals surface area contributed by atoms with Crippen molar-refractivity contribution in [3.05, 3.63) is 10.7 Å². The lowest BCUT2D eigenvalue weighted by Crippen LogP contribution is -2.50. The Kier molecular flexibility index (Phi) is 5.57. The third kappa shape index (κ3) is 3.87. The number of hydrogen-bond donors (Lipinski definition) is 1. The molecular formula is C13H16ClN5O2S. The summed E-state index contributed by atoms with van der Waals surface area (Å²) in [6.45, 7) is 4.24. The van der Waals surface area contributed by atoms with E-state index in [1.807, 2.05) is 6.07 Å². The van der Waals surface area contributed by atoms with Gasteiger partial charge in [0.2, 0.25) is 11.8 Å². The predicted octanol–water partition coefficient (Wildman–Crippen LogP) is 1.16. The number of piperazine rings is 1. The first kappa shape index (κ1) is 16.5. The number of hydrogen-bond acceptors (Lipinski definition) is 6. The lowest BCUT2D eigenvalue weighted by molar-refractivity contribution is -0.138. The molecule has 2 rings (SSSR count). The monoisotopic (exact) mass is 341 g/mol. The van der Waals surface area contributed by atoms with Crippen molar-refractivity contribution in [1.29, 1.82) is 5.26 Å². The number of halogens is 1. The van der Waals surface area contributed by atoms with Crippen LogP contribution < -0.4 is 5.32 Å². The summed E-state index contributed by atoms with van der Waals surface area (Å²) in [5.41, 5.74) is 0.314. The Morgan fingerprint density at radius 1 is 1.36 bits per heavy atom. The van der Waals surface area contributed by atoms with Gasteiger partial charge in [-0.25, -0.2) is 0 Å². The Bertz CT molecular complexity index is 604. The van der Waals surface area contributed by atoms with Crippen LogP contribution in [0.5, 0.6) is 0 Å². The number of carbonyl (C=O) groups excluding carboxylic acids is 2. The number of aromatic nitrogens is 1. The first-order chi connectivity index (χ1) is 10.5. The molecule has 1 saturated heterocycles. The van der Waals surface area contributed by atoms with Crippen molar-refractivity contribution in [1.82, 2.24) is 14.2 Å². The SMILES string of the molecule is CC(=O)N1CCN(C(=O)CCNc2snc(Cl)c2C#N)CC1.